The Hall–Kier alpha value is -2.33. The molecule has 0 aliphatic heterocycles. The second-order valence-electron chi connectivity index (χ2n) is 5.11. The van der Waals surface area contributed by atoms with Crippen LogP contribution in [0.4, 0.5) is 5.69 Å². The summed E-state index contributed by atoms with van der Waals surface area (Å²) < 4.78 is 1.97. The van der Waals surface area contributed by atoms with Gasteiger partial charge in [0, 0.05) is 30.2 Å². The minimum atomic E-state index is 0.619. The number of hydrogen-bond acceptors (Lipinski definition) is 3. The lowest BCUT2D eigenvalue weighted by molar-refractivity contribution is 0.833. The molecule has 3 aromatic rings. The summed E-state index contributed by atoms with van der Waals surface area (Å²) in [6.07, 6.45) is 3.36. The first-order chi connectivity index (χ1) is 10.7. The van der Waals surface area contributed by atoms with Crippen LogP contribution in [0.15, 0.2) is 48.8 Å². The summed E-state index contributed by atoms with van der Waals surface area (Å²) >= 11 is 6.13. The van der Waals surface area contributed by atoms with Crippen LogP contribution in [0.25, 0.3) is 5.69 Å². The molecular weight excluding hydrogens is 296 g/mol. The molecule has 0 radical (unpaired) electrons. The lowest BCUT2D eigenvalue weighted by Crippen LogP contribution is -2.03. The van der Waals surface area contributed by atoms with Crippen molar-refractivity contribution in [3.8, 4) is 5.69 Å². The van der Waals surface area contributed by atoms with Crippen LogP contribution in [0.1, 0.15) is 17.0 Å². The SMILES string of the molecule is Cc1nn(-c2ccccc2)c(C)c1CNc1ccncc1Cl. The molecule has 0 atom stereocenters. The summed E-state index contributed by atoms with van der Waals surface area (Å²) in [5.74, 6) is 0. The zero-order chi connectivity index (χ0) is 15.5. The Labute approximate surface area is 134 Å². The minimum absolute atomic E-state index is 0.619. The monoisotopic (exact) mass is 312 g/mol. The number of rotatable bonds is 4. The molecule has 1 N–H and O–H groups in total. The van der Waals surface area contributed by atoms with Crippen molar-refractivity contribution < 1.29 is 0 Å². The van der Waals surface area contributed by atoms with Gasteiger partial charge in [0.2, 0.25) is 0 Å². The molecule has 0 aliphatic carbocycles. The highest BCUT2D eigenvalue weighted by molar-refractivity contribution is 6.33. The van der Waals surface area contributed by atoms with Gasteiger partial charge in [-0.15, -0.1) is 0 Å². The summed E-state index contributed by atoms with van der Waals surface area (Å²) in [5.41, 5.74) is 5.26. The summed E-state index contributed by atoms with van der Waals surface area (Å²) in [4.78, 5) is 3.99. The van der Waals surface area contributed by atoms with Gasteiger partial charge in [0.15, 0.2) is 0 Å². The number of para-hydroxylation sites is 1. The number of aromatic nitrogens is 3. The smallest absolute Gasteiger partial charge is 0.0820 e. The Morgan fingerprint density at radius 3 is 2.64 bits per heavy atom. The maximum atomic E-state index is 6.13. The number of pyridine rings is 1. The molecule has 0 bridgehead atoms. The molecule has 2 heterocycles. The first kappa shape index (κ1) is 14.6. The topological polar surface area (TPSA) is 42.7 Å². The third kappa shape index (κ3) is 2.83. The molecule has 0 unspecified atom stereocenters. The fraction of sp³-hybridized carbons (Fsp3) is 0.176. The standard InChI is InChI=1S/C17H17ClN4/c1-12-15(10-20-17-8-9-19-11-16(17)18)13(2)22(21-12)14-6-4-3-5-7-14/h3-9,11H,10H2,1-2H3,(H,19,20). The van der Waals surface area contributed by atoms with Crippen molar-refractivity contribution in [2.45, 2.75) is 20.4 Å². The Balaban J connectivity index is 1.86. The van der Waals surface area contributed by atoms with E-state index in [1.165, 1.54) is 5.56 Å². The molecule has 5 heteroatoms. The highest BCUT2D eigenvalue weighted by Gasteiger charge is 2.12. The molecule has 3 rings (SSSR count). The van der Waals surface area contributed by atoms with E-state index in [2.05, 4.69) is 34.5 Å². The molecular formula is C17H17ClN4. The summed E-state index contributed by atoms with van der Waals surface area (Å²) in [6.45, 7) is 4.78. The van der Waals surface area contributed by atoms with Crippen molar-refractivity contribution in [2.24, 2.45) is 0 Å². The molecule has 2 aromatic heterocycles. The Bertz CT molecular complexity index is 781. The maximum Gasteiger partial charge on any atom is 0.0820 e. The quantitative estimate of drug-likeness (QED) is 0.787. The number of benzene rings is 1. The van der Waals surface area contributed by atoms with E-state index in [4.69, 9.17) is 11.6 Å². The fourth-order valence-electron chi connectivity index (χ4n) is 2.45. The molecule has 1 aromatic carbocycles. The van der Waals surface area contributed by atoms with Gasteiger partial charge < -0.3 is 5.32 Å². The molecule has 4 nitrogen and oxygen atoms in total. The highest BCUT2D eigenvalue weighted by Crippen LogP contribution is 2.22. The number of halogens is 1. The first-order valence-electron chi connectivity index (χ1n) is 7.10. The highest BCUT2D eigenvalue weighted by atomic mass is 35.5. The molecule has 22 heavy (non-hydrogen) atoms. The van der Waals surface area contributed by atoms with E-state index >= 15 is 0 Å². The van der Waals surface area contributed by atoms with E-state index in [0.29, 0.717) is 11.6 Å². The van der Waals surface area contributed by atoms with Gasteiger partial charge >= 0.3 is 0 Å². The predicted octanol–water partition coefficient (Wildman–Crippen LogP) is 4.15. The van der Waals surface area contributed by atoms with E-state index < -0.39 is 0 Å². The van der Waals surface area contributed by atoms with Gasteiger partial charge in [-0.2, -0.15) is 5.10 Å². The first-order valence-corrected chi connectivity index (χ1v) is 7.48. The van der Waals surface area contributed by atoms with Crippen LogP contribution in [0.2, 0.25) is 5.02 Å². The second-order valence-corrected chi connectivity index (χ2v) is 5.51. The van der Waals surface area contributed by atoms with E-state index in [1.807, 2.05) is 35.9 Å². The average Bonchev–Trinajstić information content (AvgIpc) is 2.82. The Morgan fingerprint density at radius 2 is 1.91 bits per heavy atom. The largest absolute Gasteiger partial charge is 0.380 e. The minimum Gasteiger partial charge on any atom is -0.380 e. The third-order valence-electron chi connectivity index (χ3n) is 3.67. The number of nitrogens with zero attached hydrogens (tertiary/aromatic N) is 3. The summed E-state index contributed by atoms with van der Waals surface area (Å²) in [5, 5.41) is 8.62. The fourth-order valence-corrected chi connectivity index (χ4v) is 2.64. The normalized spacial score (nSPS) is 10.7. The molecule has 0 amide bonds. The van der Waals surface area contributed by atoms with E-state index in [9.17, 15) is 0 Å². The number of nitrogens with one attached hydrogen (secondary N) is 1. The Kier molecular flexibility index (Phi) is 4.11. The number of hydrogen-bond donors (Lipinski definition) is 1. The predicted molar refractivity (Wildman–Crippen MR) is 89.6 cm³/mol. The average molecular weight is 313 g/mol. The van der Waals surface area contributed by atoms with Crippen molar-refractivity contribution in [3.05, 3.63) is 70.8 Å². The van der Waals surface area contributed by atoms with Gasteiger partial charge in [0.25, 0.3) is 0 Å². The van der Waals surface area contributed by atoms with Crippen LogP contribution in [-0.4, -0.2) is 14.8 Å². The molecule has 0 aliphatic rings. The van der Waals surface area contributed by atoms with Crippen LogP contribution in [0.3, 0.4) is 0 Å². The van der Waals surface area contributed by atoms with Crippen LogP contribution in [0, 0.1) is 13.8 Å². The van der Waals surface area contributed by atoms with Crippen molar-refractivity contribution in [1.82, 2.24) is 14.8 Å². The molecule has 112 valence electrons. The van der Waals surface area contributed by atoms with Crippen molar-refractivity contribution in [1.29, 1.82) is 0 Å². The van der Waals surface area contributed by atoms with E-state index in [1.54, 1.807) is 12.4 Å². The van der Waals surface area contributed by atoms with Gasteiger partial charge in [-0.3, -0.25) is 4.98 Å². The summed E-state index contributed by atoms with van der Waals surface area (Å²) in [6, 6.07) is 12.0. The van der Waals surface area contributed by atoms with Crippen LogP contribution in [0.5, 0.6) is 0 Å². The third-order valence-corrected chi connectivity index (χ3v) is 3.97. The summed E-state index contributed by atoms with van der Waals surface area (Å²) in [7, 11) is 0. The van der Waals surface area contributed by atoms with Crippen LogP contribution >= 0.6 is 11.6 Å². The number of anilines is 1. The molecule has 0 spiro atoms. The second kappa shape index (κ2) is 6.20. The van der Waals surface area contributed by atoms with Crippen molar-refractivity contribution in [2.75, 3.05) is 5.32 Å². The molecule has 0 saturated heterocycles. The van der Waals surface area contributed by atoms with E-state index in [-0.39, 0.29) is 0 Å². The van der Waals surface area contributed by atoms with Gasteiger partial charge in [-0.05, 0) is 32.0 Å². The van der Waals surface area contributed by atoms with Gasteiger partial charge in [0.05, 0.1) is 22.1 Å². The van der Waals surface area contributed by atoms with E-state index in [0.717, 1.165) is 22.8 Å². The van der Waals surface area contributed by atoms with Crippen molar-refractivity contribution in [3.63, 3.8) is 0 Å². The lowest BCUT2D eigenvalue weighted by atomic mass is 10.2. The van der Waals surface area contributed by atoms with Crippen LogP contribution < -0.4 is 5.32 Å². The molecule has 0 fully saturated rings. The Morgan fingerprint density at radius 1 is 1.14 bits per heavy atom. The zero-order valence-corrected chi connectivity index (χ0v) is 13.3. The maximum absolute atomic E-state index is 6.13. The zero-order valence-electron chi connectivity index (χ0n) is 12.5. The lowest BCUT2D eigenvalue weighted by Gasteiger charge is -2.09. The van der Waals surface area contributed by atoms with Gasteiger partial charge in [0.1, 0.15) is 0 Å². The van der Waals surface area contributed by atoms with Crippen LogP contribution in [-0.2, 0) is 6.54 Å². The van der Waals surface area contributed by atoms with Gasteiger partial charge in [-0.1, -0.05) is 29.8 Å². The van der Waals surface area contributed by atoms with Gasteiger partial charge in [-0.25, -0.2) is 4.68 Å². The molecule has 0 saturated carbocycles. The number of aryl methyl sites for hydroxylation is 1. The van der Waals surface area contributed by atoms with Crippen molar-refractivity contribution >= 4 is 17.3 Å².